The van der Waals surface area contributed by atoms with Crippen LogP contribution in [0.5, 0.6) is 0 Å². The van der Waals surface area contributed by atoms with E-state index in [1.54, 1.807) is 18.1 Å². The molecule has 0 unspecified atom stereocenters. The molecule has 0 bridgehead atoms. The van der Waals surface area contributed by atoms with Gasteiger partial charge in [-0.05, 0) is 12.8 Å². The van der Waals surface area contributed by atoms with Crippen molar-refractivity contribution in [2.75, 3.05) is 19.3 Å². The SMILES string of the molecule is CSOOOC1CCN(C(C)=O)CC1. The summed E-state index contributed by atoms with van der Waals surface area (Å²) in [5, 5.41) is 4.48. The van der Waals surface area contributed by atoms with Gasteiger partial charge < -0.3 is 4.90 Å². The van der Waals surface area contributed by atoms with E-state index in [1.165, 1.54) is 0 Å². The Bertz CT molecular complexity index is 182. The van der Waals surface area contributed by atoms with Crippen LogP contribution in [0.3, 0.4) is 0 Å². The van der Waals surface area contributed by atoms with E-state index in [4.69, 9.17) is 4.89 Å². The molecule has 1 amide bonds. The third-order valence-corrected chi connectivity index (χ3v) is 2.35. The predicted octanol–water partition coefficient (Wildman–Crippen LogP) is 1.16. The van der Waals surface area contributed by atoms with Crippen LogP contribution in [0.4, 0.5) is 0 Å². The van der Waals surface area contributed by atoms with Crippen molar-refractivity contribution >= 4 is 17.9 Å². The van der Waals surface area contributed by atoms with Crippen LogP contribution in [0.2, 0.25) is 0 Å². The molecule has 0 aromatic heterocycles. The predicted molar refractivity (Wildman–Crippen MR) is 52.0 cm³/mol. The number of amides is 1. The lowest BCUT2D eigenvalue weighted by Crippen LogP contribution is -2.39. The summed E-state index contributed by atoms with van der Waals surface area (Å²) in [6.07, 6.45) is 3.34. The smallest absolute Gasteiger partial charge is 0.219 e. The van der Waals surface area contributed by atoms with Crippen molar-refractivity contribution in [3.05, 3.63) is 0 Å². The first-order valence-corrected chi connectivity index (χ1v) is 5.67. The number of hydrogen-bond acceptors (Lipinski definition) is 5. The van der Waals surface area contributed by atoms with Crippen LogP contribution in [0.25, 0.3) is 0 Å². The number of hydrogen-bond donors (Lipinski definition) is 0. The van der Waals surface area contributed by atoms with Gasteiger partial charge in [0, 0.05) is 38.3 Å². The standard InChI is InChI=1S/C8H15NO4S/c1-7(10)9-5-3-8(4-6-9)11-12-13-14-2/h8H,3-6H2,1-2H3. The lowest BCUT2D eigenvalue weighted by atomic mass is 10.1. The molecular weight excluding hydrogens is 206 g/mol. The number of carbonyl (C=O) groups is 1. The molecule has 0 aromatic rings. The highest BCUT2D eigenvalue weighted by atomic mass is 32.2. The summed E-state index contributed by atoms with van der Waals surface area (Å²) in [4.78, 5) is 17.8. The Labute approximate surface area is 87.7 Å². The fourth-order valence-corrected chi connectivity index (χ4v) is 1.45. The topological polar surface area (TPSA) is 48.0 Å². The average Bonchev–Trinajstić information content (AvgIpc) is 2.19. The fraction of sp³-hybridized carbons (Fsp3) is 0.875. The van der Waals surface area contributed by atoms with Crippen LogP contribution in [0.15, 0.2) is 0 Å². The molecule has 1 rings (SSSR count). The van der Waals surface area contributed by atoms with Crippen molar-refractivity contribution < 1.29 is 19.1 Å². The third-order valence-electron chi connectivity index (χ3n) is 2.16. The molecule has 0 atom stereocenters. The lowest BCUT2D eigenvalue weighted by molar-refractivity contribution is -0.479. The van der Waals surface area contributed by atoms with Gasteiger partial charge in [0.1, 0.15) is 0 Å². The van der Waals surface area contributed by atoms with E-state index < -0.39 is 0 Å². The zero-order valence-electron chi connectivity index (χ0n) is 8.39. The maximum Gasteiger partial charge on any atom is 0.219 e. The molecule has 6 heteroatoms. The van der Waals surface area contributed by atoms with Gasteiger partial charge in [0.2, 0.25) is 5.91 Å². The first kappa shape index (κ1) is 11.8. The largest absolute Gasteiger partial charge is 0.343 e. The van der Waals surface area contributed by atoms with Crippen LogP contribution in [0, 0.1) is 0 Å². The molecule has 14 heavy (non-hydrogen) atoms. The molecule has 0 spiro atoms. The lowest BCUT2D eigenvalue weighted by Gasteiger charge is -2.29. The first-order chi connectivity index (χ1) is 6.74. The van der Waals surface area contributed by atoms with Gasteiger partial charge >= 0.3 is 0 Å². The quantitative estimate of drug-likeness (QED) is 0.308. The van der Waals surface area contributed by atoms with Crippen LogP contribution >= 0.6 is 12.0 Å². The van der Waals surface area contributed by atoms with E-state index in [-0.39, 0.29) is 12.0 Å². The van der Waals surface area contributed by atoms with Gasteiger partial charge in [0.15, 0.2) is 0 Å². The minimum Gasteiger partial charge on any atom is -0.343 e. The van der Waals surface area contributed by atoms with Crippen LogP contribution < -0.4 is 0 Å². The molecule has 1 heterocycles. The van der Waals surface area contributed by atoms with E-state index in [2.05, 4.69) is 9.37 Å². The summed E-state index contributed by atoms with van der Waals surface area (Å²) < 4.78 is 4.52. The molecule has 0 aromatic carbocycles. The summed E-state index contributed by atoms with van der Waals surface area (Å²) in [5.74, 6) is 0.115. The molecule has 1 aliphatic rings. The highest BCUT2D eigenvalue weighted by molar-refractivity contribution is 7.93. The molecule has 0 N–H and O–H groups in total. The summed E-state index contributed by atoms with van der Waals surface area (Å²) in [6.45, 7) is 3.03. The van der Waals surface area contributed by atoms with Gasteiger partial charge in [0.05, 0.1) is 6.10 Å². The zero-order valence-corrected chi connectivity index (χ0v) is 9.21. The molecule has 1 fully saturated rings. The maximum absolute atomic E-state index is 11.0. The number of rotatable bonds is 4. The van der Waals surface area contributed by atoms with Gasteiger partial charge in [-0.25, -0.2) is 4.89 Å². The summed E-state index contributed by atoms with van der Waals surface area (Å²) >= 11 is 1.08. The fourth-order valence-electron chi connectivity index (χ4n) is 1.37. The monoisotopic (exact) mass is 221 g/mol. The van der Waals surface area contributed by atoms with Crippen molar-refractivity contribution in [2.24, 2.45) is 0 Å². The average molecular weight is 221 g/mol. The second-order valence-electron chi connectivity index (χ2n) is 3.10. The molecule has 5 nitrogen and oxygen atoms in total. The molecule has 0 saturated carbocycles. The Kier molecular flexibility index (Phi) is 5.24. The molecule has 82 valence electrons. The van der Waals surface area contributed by atoms with Crippen molar-refractivity contribution in [3.8, 4) is 0 Å². The summed E-state index contributed by atoms with van der Waals surface area (Å²) in [5.41, 5.74) is 0. The van der Waals surface area contributed by atoms with Crippen LogP contribution in [0.1, 0.15) is 19.8 Å². The van der Waals surface area contributed by atoms with E-state index >= 15 is 0 Å². The van der Waals surface area contributed by atoms with Crippen molar-refractivity contribution in [1.29, 1.82) is 0 Å². The second-order valence-corrected chi connectivity index (χ2v) is 3.57. The second kappa shape index (κ2) is 6.23. The third kappa shape index (κ3) is 3.83. The minimum absolute atomic E-state index is 0.0257. The van der Waals surface area contributed by atoms with Crippen molar-refractivity contribution in [3.63, 3.8) is 0 Å². The Morgan fingerprint density at radius 3 is 2.57 bits per heavy atom. The van der Waals surface area contributed by atoms with Crippen molar-refractivity contribution in [1.82, 2.24) is 4.90 Å². The molecule has 0 aliphatic carbocycles. The molecule has 1 saturated heterocycles. The highest BCUT2D eigenvalue weighted by Crippen LogP contribution is 2.14. The highest BCUT2D eigenvalue weighted by Gasteiger charge is 2.22. The normalized spacial score (nSPS) is 18.6. The number of carbonyl (C=O) groups excluding carboxylic acids is 1. The molecule has 0 radical (unpaired) electrons. The minimum atomic E-state index is 0.0257. The van der Waals surface area contributed by atoms with Gasteiger partial charge in [-0.15, -0.1) is 4.33 Å². The number of likely N-dealkylation sites (tertiary alicyclic amines) is 1. The van der Waals surface area contributed by atoms with E-state index in [0.717, 1.165) is 38.0 Å². The summed E-state index contributed by atoms with van der Waals surface area (Å²) in [7, 11) is 0. The van der Waals surface area contributed by atoms with Crippen molar-refractivity contribution in [2.45, 2.75) is 25.9 Å². The Balaban J connectivity index is 2.12. The number of nitrogens with zero attached hydrogens (tertiary/aromatic N) is 1. The van der Waals surface area contributed by atoms with E-state index in [1.807, 2.05) is 0 Å². The Morgan fingerprint density at radius 1 is 1.43 bits per heavy atom. The Hall–Kier alpha value is -0.300. The zero-order chi connectivity index (χ0) is 10.4. The van der Waals surface area contributed by atoms with Gasteiger partial charge in [-0.2, -0.15) is 0 Å². The Morgan fingerprint density at radius 2 is 2.07 bits per heavy atom. The summed E-state index contributed by atoms with van der Waals surface area (Å²) in [6, 6.07) is 0. The van der Waals surface area contributed by atoms with Crippen LogP contribution in [-0.4, -0.2) is 36.3 Å². The van der Waals surface area contributed by atoms with E-state index in [0.29, 0.717) is 0 Å². The first-order valence-electron chi connectivity index (χ1n) is 4.52. The van der Waals surface area contributed by atoms with Crippen LogP contribution in [-0.2, 0) is 19.1 Å². The number of piperidine rings is 1. The van der Waals surface area contributed by atoms with Gasteiger partial charge in [-0.1, -0.05) is 5.04 Å². The molecular formula is C8H15NO4S. The maximum atomic E-state index is 11.0. The van der Waals surface area contributed by atoms with Gasteiger partial charge in [-0.3, -0.25) is 4.79 Å². The van der Waals surface area contributed by atoms with E-state index in [9.17, 15) is 4.79 Å². The molecule has 1 aliphatic heterocycles. The van der Waals surface area contributed by atoms with Gasteiger partial charge in [0.25, 0.3) is 0 Å².